The fraction of sp³-hybridized carbons (Fsp3) is 0.231. The van der Waals surface area contributed by atoms with E-state index in [-0.39, 0.29) is 16.8 Å². The maximum Gasteiger partial charge on any atom is 0.331 e. The van der Waals surface area contributed by atoms with Gasteiger partial charge in [0.1, 0.15) is 11.6 Å². The van der Waals surface area contributed by atoms with Crippen molar-refractivity contribution in [2.75, 3.05) is 12.4 Å². The van der Waals surface area contributed by atoms with Crippen LogP contribution in [0.25, 0.3) is 0 Å². The highest BCUT2D eigenvalue weighted by Gasteiger charge is 2.14. The van der Waals surface area contributed by atoms with Gasteiger partial charge < -0.3 is 15.2 Å². The number of ether oxygens (including phenoxy) is 1. The number of carboxylic acid groups (broad SMARTS) is 1. The summed E-state index contributed by atoms with van der Waals surface area (Å²) in [4.78, 5) is 22.5. The molecular weight excluding hydrogens is 253 g/mol. The molecule has 0 saturated carbocycles. The molecular formula is C13H14FNO4. The van der Waals surface area contributed by atoms with E-state index in [9.17, 15) is 14.0 Å². The number of hydrogen-bond donors (Lipinski definition) is 2. The topological polar surface area (TPSA) is 75.6 Å². The Labute approximate surface area is 109 Å². The lowest BCUT2D eigenvalue weighted by Gasteiger charge is -2.09. The second-order valence-corrected chi connectivity index (χ2v) is 3.86. The number of anilines is 1. The number of aliphatic carboxylic acids is 1. The number of benzene rings is 1. The predicted molar refractivity (Wildman–Crippen MR) is 67.6 cm³/mol. The molecule has 5 nitrogen and oxygen atoms in total. The smallest absolute Gasteiger partial charge is 0.331 e. The Kier molecular flexibility index (Phi) is 4.63. The van der Waals surface area contributed by atoms with E-state index in [1.807, 2.05) is 0 Å². The van der Waals surface area contributed by atoms with Gasteiger partial charge in [0, 0.05) is 17.2 Å². The number of carboxylic acids is 1. The Bertz CT molecular complexity index is 552. The summed E-state index contributed by atoms with van der Waals surface area (Å²) in [7, 11) is 1.42. The molecule has 0 aliphatic rings. The summed E-state index contributed by atoms with van der Waals surface area (Å²) in [5, 5.41) is 11.1. The standard InChI is InChI=1S/C13H14FNO4/c1-7(8(2)13(17)18)12(16)15-11-6-9(19-3)4-5-10(11)14/h4-6H,1-3H3,(H,15,16)(H,17,18). The number of carbonyl (C=O) groups is 2. The molecule has 1 amide bonds. The second-order valence-electron chi connectivity index (χ2n) is 3.86. The Morgan fingerprint density at radius 2 is 1.89 bits per heavy atom. The average Bonchev–Trinajstić information content (AvgIpc) is 2.39. The van der Waals surface area contributed by atoms with Crippen LogP contribution in [0.4, 0.5) is 10.1 Å². The lowest BCUT2D eigenvalue weighted by molar-refractivity contribution is -0.133. The normalized spacial score (nSPS) is 11.6. The minimum atomic E-state index is -1.20. The third kappa shape index (κ3) is 3.54. The number of hydrogen-bond acceptors (Lipinski definition) is 3. The predicted octanol–water partition coefficient (Wildman–Crippen LogP) is 2.19. The van der Waals surface area contributed by atoms with Crippen molar-refractivity contribution >= 4 is 17.6 Å². The molecule has 1 aromatic rings. The van der Waals surface area contributed by atoms with E-state index in [1.54, 1.807) is 0 Å². The maximum atomic E-state index is 13.5. The van der Waals surface area contributed by atoms with Crippen molar-refractivity contribution in [1.29, 1.82) is 0 Å². The van der Waals surface area contributed by atoms with E-state index in [1.165, 1.54) is 33.1 Å². The first-order valence-corrected chi connectivity index (χ1v) is 5.42. The molecule has 0 heterocycles. The molecule has 1 rings (SSSR count). The van der Waals surface area contributed by atoms with Gasteiger partial charge in [0.25, 0.3) is 5.91 Å². The van der Waals surface area contributed by atoms with Gasteiger partial charge in [-0.2, -0.15) is 0 Å². The van der Waals surface area contributed by atoms with Crippen LogP contribution in [0.15, 0.2) is 29.3 Å². The molecule has 0 aliphatic carbocycles. The molecule has 0 bridgehead atoms. The number of carbonyl (C=O) groups excluding carboxylic acids is 1. The highest BCUT2D eigenvalue weighted by atomic mass is 19.1. The molecule has 0 saturated heterocycles. The number of halogens is 1. The van der Waals surface area contributed by atoms with Crippen molar-refractivity contribution in [3.63, 3.8) is 0 Å². The lowest BCUT2D eigenvalue weighted by Crippen LogP contribution is -2.17. The third-order valence-electron chi connectivity index (χ3n) is 2.65. The monoisotopic (exact) mass is 267 g/mol. The molecule has 0 spiro atoms. The molecule has 0 aliphatic heterocycles. The van der Waals surface area contributed by atoms with Crippen molar-refractivity contribution in [3.05, 3.63) is 35.2 Å². The Hall–Kier alpha value is -2.37. The quantitative estimate of drug-likeness (QED) is 0.820. The minimum absolute atomic E-state index is 0.00900. The summed E-state index contributed by atoms with van der Waals surface area (Å²) in [6.07, 6.45) is 0. The van der Waals surface area contributed by atoms with Crippen LogP contribution >= 0.6 is 0 Å². The molecule has 6 heteroatoms. The van der Waals surface area contributed by atoms with Gasteiger partial charge in [-0.15, -0.1) is 0 Å². The number of nitrogens with one attached hydrogen (secondary N) is 1. The van der Waals surface area contributed by atoms with E-state index in [4.69, 9.17) is 9.84 Å². The second kappa shape index (κ2) is 5.99. The van der Waals surface area contributed by atoms with E-state index in [0.717, 1.165) is 6.07 Å². The molecule has 0 radical (unpaired) electrons. The van der Waals surface area contributed by atoms with Crippen LogP contribution in [-0.2, 0) is 9.59 Å². The zero-order valence-corrected chi connectivity index (χ0v) is 10.8. The summed E-state index contributed by atoms with van der Waals surface area (Å²) in [5.41, 5.74) is -0.155. The largest absolute Gasteiger partial charge is 0.497 e. The van der Waals surface area contributed by atoms with Gasteiger partial charge in [0.05, 0.1) is 12.8 Å². The highest BCUT2D eigenvalue weighted by Crippen LogP contribution is 2.21. The first-order valence-electron chi connectivity index (χ1n) is 5.42. The molecule has 0 unspecified atom stereocenters. The van der Waals surface area contributed by atoms with Gasteiger partial charge >= 0.3 is 5.97 Å². The summed E-state index contributed by atoms with van der Waals surface area (Å²) >= 11 is 0. The van der Waals surface area contributed by atoms with Gasteiger partial charge in [-0.05, 0) is 26.0 Å². The van der Waals surface area contributed by atoms with Crippen molar-refractivity contribution in [2.24, 2.45) is 0 Å². The number of methoxy groups -OCH3 is 1. The Balaban J connectivity index is 3.00. The van der Waals surface area contributed by atoms with Gasteiger partial charge in [-0.25, -0.2) is 9.18 Å². The Morgan fingerprint density at radius 3 is 2.42 bits per heavy atom. The molecule has 0 aromatic heterocycles. The van der Waals surface area contributed by atoms with Crippen LogP contribution in [0.2, 0.25) is 0 Å². The van der Waals surface area contributed by atoms with Crippen molar-refractivity contribution < 1.29 is 23.8 Å². The van der Waals surface area contributed by atoms with Crippen molar-refractivity contribution in [2.45, 2.75) is 13.8 Å². The van der Waals surface area contributed by atoms with Crippen LogP contribution in [-0.4, -0.2) is 24.1 Å². The first kappa shape index (κ1) is 14.7. The van der Waals surface area contributed by atoms with Gasteiger partial charge in [-0.3, -0.25) is 4.79 Å². The summed E-state index contributed by atoms with van der Waals surface area (Å²) in [6.45, 7) is 2.66. The van der Waals surface area contributed by atoms with Crippen LogP contribution in [0.1, 0.15) is 13.8 Å². The first-order chi connectivity index (χ1) is 8.86. The molecule has 1 aromatic carbocycles. The molecule has 0 atom stereocenters. The third-order valence-corrected chi connectivity index (χ3v) is 2.65. The fourth-order valence-electron chi connectivity index (χ4n) is 1.27. The van der Waals surface area contributed by atoms with E-state index >= 15 is 0 Å². The Morgan fingerprint density at radius 1 is 1.26 bits per heavy atom. The highest BCUT2D eigenvalue weighted by molar-refractivity contribution is 6.08. The average molecular weight is 267 g/mol. The molecule has 2 N–H and O–H groups in total. The van der Waals surface area contributed by atoms with E-state index < -0.39 is 17.7 Å². The zero-order valence-electron chi connectivity index (χ0n) is 10.8. The van der Waals surface area contributed by atoms with E-state index in [0.29, 0.717) is 5.75 Å². The molecule has 19 heavy (non-hydrogen) atoms. The van der Waals surface area contributed by atoms with Crippen LogP contribution in [0.3, 0.4) is 0 Å². The summed E-state index contributed by atoms with van der Waals surface area (Å²) in [5.74, 6) is -2.12. The van der Waals surface area contributed by atoms with Gasteiger partial charge in [0.2, 0.25) is 0 Å². The zero-order chi connectivity index (χ0) is 14.6. The maximum absolute atomic E-state index is 13.5. The molecule has 102 valence electrons. The van der Waals surface area contributed by atoms with Crippen LogP contribution in [0, 0.1) is 5.82 Å². The van der Waals surface area contributed by atoms with Crippen LogP contribution < -0.4 is 10.1 Å². The van der Waals surface area contributed by atoms with Gasteiger partial charge in [0.15, 0.2) is 0 Å². The summed E-state index contributed by atoms with van der Waals surface area (Å²) < 4.78 is 18.4. The summed E-state index contributed by atoms with van der Waals surface area (Å²) in [6, 6.07) is 3.88. The van der Waals surface area contributed by atoms with Crippen LogP contribution in [0.5, 0.6) is 5.75 Å². The van der Waals surface area contributed by atoms with Crippen molar-refractivity contribution in [3.8, 4) is 5.75 Å². The fourth-order valence-corrected chi connectivity index (χ4v) is 1.27. The minimum Gasteiger partial charge on any atom is -0.497 e. The number of rotatable bonds is 4. The molecule has 0 fully saturated rings. The number of amides is 1. The lowest BCUT2D eigenvalue weighted by atomic mass is 10.1. The van der Waals surface area contributed by atoms with E-state index in [2.05, 4.69) is 5.32 Å². The SMILES string of the molecule is COc1ccc(F)c(NC(=O)C(C)=C(C)C(=O)O)c1. The van der Waals surface area contributed by atoms with Crippen molar-refractivity contribution in [1.82, 2.24) is 0 Å². The van der Waals surface area contributed by atoms with Gasteiger partial charge in [-0.1, -0.05) is 0 Å².